The molecule has 2 aliphatic heterocycles. The molecule has 0 saturated carbocycles. The van der Waals surface area contributed by atoms with Gasteiger partial charge >= 0.3 is 0 Å². The van der Waals surface area contributed by atoms with Gasteiger partial charge in [0.2, 0.25) is 0 Å². The van der Waals surface area contributed by atoms with Gasteiger partial charge in [0.25, 0.3) is 0 Å². The first-order valence-electron chi connectivity index (χ1n) is 5.04. The van der Waals surface area contributed by atoms with Crippen LogP contribution in [0.15, 0.2) is 0 Å². The predicted octanol–water partition coefficient (Wildman–Crippen LogP) is -0.835. The molecule has 0 amide bonds. The van der Waals surface area contributed by atoms with Gasteiger partial charge in [0.05, 0.1) is 19.2 Å². The standard InChI is InChI=1S/C9H17BO4/c1-11-5-9-3-4-13-6(7(9)12-2)8(10)14-9/h6-8H,3-5,10H2,1-2H3. The molecule has 4 nitrogen and oxygen atoms in total. The van der Waals surface area contributed by atoms with E-state index in [2.05, 4.69) is 0 Å². The first kappa shape index (κ1) is 10.4. The van der Waals surface area contributed by atoms with Gasteiger partial charge in [-0.2, -0.15) is 0 Å². The maximum atomic E-state index is 5.94. The highest BCUT2D eigenvalue weighted by Crippen LogP contribution is 2.40. The van der Waals surface area contributed by atoms with E-state index in [9.17, 15) is 0 Å². The topological polar surface area (TPSA) is 36.9 Å². The lowest BCUT2D eigenvalue weighted by atomic mass is 9.86. The summed E-state index contributed by atoms with van der Waals surface area (Å²) in [6.07, 6.45) is 0.912. The minimum absolute atomic E-state index is 0.00574. The van der Waals surface area contributed by atoms with E-state index in [1.54, 1.807) is 14.2 Å². The summed E-state index contributed by atoms with van der Waals surface area (Å²) < 4.78 is 22.3. The molecule has 0 radical (unpaired) electrons. The molecule has 2 aliphatic rings. The van der Waals surface area contributed by atoms with Gasteiger partial charge in [0, 0.05) is 20.6 Å². The van der Waals surface area contributed by atoms with Gasteiger partial charge in [-0.05, 0) is 0 Å². The number of hydrogen-bond donors (Lipinski definition) is 0. The summed E-state index contributed by atoms with van der Waals surface area (Å²) in [7, 11) is 5.43. The fourth-order valence-electron chi connectivity index (χ4n) is 2.62. The van der Waals surface area contributed by atoms with Gasteiger partial charge in [0.1, 0.15) is 25.7 Å². The molecule has 0 N–H and O–H groups in total. The van der Waals surface area contributed by atoms with Crippen molar-refractivity contribution < 1.29 is 18.9 Å². The van der Waals surface area contributed by atoms with Crippen molar-refractivity contribution in [3.05, 3.63) is 0 Å². The first-order chi connectivity index (χ1) is 6.73. The van der Waals surface area contributed by atoms with Crippen molar-refractivity contribution in [2.75, 3.05) is 27.4 Å². The molecule has 5 heteroatoms. The third-order valence-electron chi connectivity index (χ3n) is 3.18. The zero-order valence-corrected chi connectivity index (χ0v) is 8.99. The molecule has 2 heterocycles. The van der Waals surface area contributed by atoms with Gasteiger partial charge in [0.15, 0.2) is 0 Å². The summed E-state index contributed by atoms with van der Waals surface area (Å²) in [6, 6.07) is 0.0950. The van der Waals surface area contributed by atoms with Crippen molar-refractivity contribution in [1.82, 2.24) is 0 Å². The van der Waals surface area contributed by atoms with Crippen LogP contribution in [-0.4, -0.2) is 59.1 Å². The average Bonchev–Trinajstić information content (AvgIpc) is 2.30. The summed E-state index contributed by atoms with van der Waals surface area (Å²) in [5, 5.41) is 0. The van der Waals surface area contributed by atoms with Crippen molar-refractivity contribution in [3.63, 3.8) is 0 Å². The zero-order chi connectivity index (χ0) is 10.2. The van der Waals surface area contributed by atoms with Crippen LogP contribution in [0.1, 0.15) is 6.42 Å². The van der Waals surface area contributed by atoms with Crippen LogP contribution in [0.25, 0.3) is 0 Å². The molecule has 2 rings (SSSR count). The van der Waals surface area contributed by atoms with Gasteiger partial charge in [-0.1, -0.05) is 0 Å². The van der Waals surface area contributed by atoms with Crippen molar-refractivity contribution in [3.8, 4) is 0 Å². The molecule has 0 aromatic carbocycles. The molecule has 2 saturated heterocycles. The van der Waals surface area contributed by atoms with E-state index >= 15 is 0 Å². The molecule has 0 aromatic heterocycles. The second-order valence-corrected chi connectivity index (χ2v) is 4.06. The average molecular weight is 200 g/mol. The van der Waals surface area contributed by atoms with Crippen LogP contribution < -0.4 is 0 Å². The van der Waals surface area contributed by atoms with Crippen LogP contribution >= 0.6 is 0 Å². The van der Waals surface area contributed by atoms with Crippen LogP contribution in [-0.2, 0) is 18.9 Å². The van der Waals surface area contributed by atoms with Crippen LogP contribution in [0.2, 0.25) is 0 Å². The molecule has 2 fully saturated rings. The zero-order valence-electron chi connectivity index (χ0n) is 8.99. The van der Waals surface area contributed by atoms with E-state index in [1.165, 1.54) is 0 Å². The Kier molecular flexibility index (Phi) is 2.84. The molecule has 2 bridgehead atoms. The summed E-state index contributed by atoms with van der Waals surface area (Å²) in [4.78, 5) is 0. The van der Waals surface area contributed by atoms with Crippen molar-refractivity contribution >= 4 is 7.85 Å². The molecule has 0 aliphatic carbocycles. The largest absolute Gasteiger partial charge is 0.382 e. The molecule has 4 atom stereocenters. The highest BCUT2D eigenvalue weighted by atomic mass is 16.6. The smallest absolute Gasteiger partial charge is 0.142 e. The second kappa shape index (κ2) is 3.81. The summed E-state index contributed by atoms with van der Waals surface area (Å²) >= 11 is 0. The van der Waals surface area contributed by atoms with E-state index in [0.29, 0.717) is 6.61 Å². The number of ether oxygens (including phenoxy) is 4. The van der Waals surface area contributed by atoms with E-state index < -0.39 is 0 Å². The Labute approximate surface area is 85.3 Å². The Morgan fingerprint density at radius 1 is 1.50 bits per heavy atom. The predicted molar refractivity (Wildman–Crippen MR) is 53.2 cm³/mol. The summed E-state index contributed by atoms with van der Waals surface area (Å²) in [5.41, 5.74) is -0.286. The van der Waals surface area contributed by atoms with Crippen molar-refractivity contribution in [2.24, 2.45) is 0 Å². The number of fused-ring (bicyclic) bond motifs is 2. The number of hydrogen-bond acceptors (Lipinski definition) is 4. The number of rotatable bonds is 3. The quantitative estimate of drug-likeness (QED) is 0.557. The lowest BCUT2D eigenvalue weighted by molar-refractivity contribution is -0.155. The molecular weight excluding hydrogens is 183 g/mol. The van der Waals surface area contributed by atoms with Crippen LogP contribution in [0.5, 0.6) is 0 Å². The second-order valence-electron chi connectivity index (χ2n) is 4.06. The summed E-state index contributed by atoms with van der Waals surface area (Å²) in [6.45, 7) is 1.31. The Bertz CT molecular complexity index is 209. The molecule has 4 unspecified atom stereocenters. The first-order valence-corrected chi connectivity index (χ1v) is 5.04. The Morgan fingerprint density at radius 2 is 2.29 bits per heavy atom. The van der Waals surface area contributed by atoms with Gasteiger partial charge in [-0.25, -0.2) is 0 Å². The molecule has 14 heavy (non-hydrogen) atoms. The lowest BCUT2D eigenvalue weighted by Crippen LogP contribution is -2.52. The Morgan fingerprint density at radius 3 is 2.93 bits per heavy atom. The van der Waals surface area contributed by atoms with Gasteiger partial charge in [-0.3, -0.25) is 0 Å². The third-order valence-corrected chi connectivity index (χ3v) is 3.18. The normalized spacial score (nSPS) is 46.9. The molecule has 0 aromatic rings. The maximum absolute atomic E-state index is 5.94. The maximum Gasteiger partial charge on any atom is 0.142 e. The lowest BCUT2D eigenvalue weighted by Gasteiger charge is -2.37. The minimum Gasteiger partial charge on any atom is -0.382 e. The fourth-order valence-corrected chi connectivity index (χ4v) is 2.62. The molecular formula is C9H17BO4. The monoisotopic (exact) mass is 200 g/mol. The van der Waals surface area contributed by atoms with E-state index in [1.807, 2.05) is 7.85 Å². The van der Waals surface area contributed by atoms with Crippen molar-refractivity contribution in [2.45, 2.75) is 30.2 Å². The highest BCUT2D eigenvalue weighted by Gasteiger charge is 2.57. The van der Waals surface area contributed by atoms with E-state index in [-0.39, 0.29) is 23.8 Å². The SMILES string of the molecule is BC1OC2(COC)CCOC1C2OC. The number of methoxy groups -OCH3 is 2. The highest BCUT2D eigenvalue weighted by molar-refractivity contribution is 6.11. The van der Waals surface area contributed by atoms with E-state index in [0.717, 1.165) is 13.0 Å². The minimum atomic E-state index is -0.286. The summed E-state index contributed by atoms with van der Waals surface area (Å²) in [5.74, 6) is 0. The van der Waals surface area contributed by atoms with Crippen LogP contribution in [0, 0.1) is 0 Å². The molecule has 0 spiro atoms. The fraction of sp³-hybridized carbons (Fsp3) is 1.00. The van der Waals surface area contributed by atoms with Crippen LogP contribution in [0.3, 0.4) is 0 Å². The third kappa shape index (κ3) is 1.39. The van der Waals surface area contributed by atoms with Gasteiger partial charge < -0.3 is 18.9 Å². The van der Waals surface area contributed by atoms with Crippen LogP contribution in [0.4, 0.5) is 0 Å². The van der Waals surface area contributed by atoms with E-state index in [4.69, 9.17) is 18.9 Å². The Hall–Kier alpha value is -0.0951. The Balaban J connectivity index is 2.20. The van der Waals surface area contributed by atoms with Crippen molar-refractivity contribution in [1.29, 1.82) is 0 Å². The molecule has 80 valence electrons. The van der Waals surface area contributed by atoms with Gasteiger partial charge in [-0.15, -0.1) is 0 Å².